The second-order valence-corrected chi connectivity index (χ2v) is 5.98. The molecular weight excluding hydrogens is 250 g/mol. The molecule has 0 bridgehead atoms. The van der Waals surface area contributed by atoms with Crippen molar-refractivity contribution in [3.8, 4) is 6.07 Å². The summed E-state index contributed by atoms with van der Waals surface area (Å²) >= 11 is 0. The van der Waals surface area contributed by atoms with Crippen molar-refractivity contribution in [2.75, 3.05) is 31.1 Å². The van der Waals surface area contributed by atoms with Gasteiger partial charge in [-0.1, -0.05) is 12.8 Å². The minimum atomic E-state index is 0.738. The highest BCUT2D eigenvalue weighted by atomic mass is 15.4. The first kappa shape index (κ1) is 13.4. The van der Waals surface area contributed by atoms with Crippen molar-refractivity contribution >= 4 is 5.82 Å². The zero-order valence-corrected chi connectivity index (χ0v) is 12.5. The maximum atomic E-state index is 9.33. The van der Waals surface area contributed by atoms with Crippen molar-refractivity contribution < 1.29 is 0 Å². The van der Waals surface area contributed by atoms with E-state index in [4.69, 9.17) is 0 Å². The minimum Gasteiger partial charge on any atom is -0.353 e. The van der Waals surface area contributed by atoms with Gasteiger partial charge >= 0.3 is 0 Å². The molecule has 0 amide bonds. The minimum absolute atomic E-state index is 0.738. The molecule has 1 aromatic heterocycles. The summed E-state index contributed by atoms with van der Waals surface area (Å²) in [5.74, 6) is 0.996. The van der Waals surface area contributed by atoms with E-state index >= 15 is 0 Å². The average molecular weight is 273 g/mol. The average Bonchev–Trinajstić information content (AvgIpc) is 3.06. The van der Waals surface area contributed by atoms with Crippen LogP contribution in [0.3, 0.4) is 0 Å². The lowest BCUT2D eigenvalue weighted by Crippen LogP contribution is -2.50. The summed E-state index contributed by atoms with van der Waals surface area (Å²) in [5, 5.41) is 13.7. The maximum absolute atomic E-state index is 9.33. The third kappa shape index (κ3) is 2.29. The molecule has 0 spiro atoms. The van der Waals surface area contributed by atoms with Gasteiger partial charge in [-0.15, -0.1) is 0 Å². The van der Waals surface area contributed by atoms with Crippen LogP contribution >= 0.6 is 0 Å². The molecule has 1 aliphatic heterocycles. The van der Waals surface area contributed by atoms with E-state index in [1.165, 1.54) is 25.7 Å². The number of aryl methyl sites for hydroxylation is 2. The molecule has 2 heterocycles. The molecule has 20 heavy (non-hydrogen) atoms. The predicted octanol–water partition coefficient (Wildman–Crippen LogP) is 1.66. The summed E-state index contributed by atoms with van der Waals surface area (Å²) in [6, 6.07) is 3.12. The number of hydrogen-bond donors (Lipinski definition) is 0. The van der Waals surface area contributed by atoms with Crippen LogP contribution in [0.1, 0.15) is 36.9 Å². The Morgan fingerprint density at radius 3 is 2.40 bits per heavy atom. The van der Waals surface area contributed by atoms with Gasteiger partial charge in [-0.2, -0.15) is 10.4 Å². The molecule has 5 heteroatoms. The van der Waals surface area contributed by atoms with Gasteiger partial charge < -0.3 is 4.90 Å². The smallest absolute Gasteiger partial charge is 0.145 e. The zero-order valence-electron chi connectivity index (χ0n) is 12.5. The third-order valence-corrected chi connectivity index (χ3v) is 4.76. The van der Waals surface area contributed by atoms with Gasteiger partial charge in [0.2, 0.25) is 0 Å². The van der Waals surface area contributed by atoms with Gasteiger partial charge in [0, 0.05) is 39.3 Å². The SMILES string of the molecule is Cc1nn(C)c(N2CCN(C3CCCC3)CC2)c1C#N. The first-order valence-electron chi connectivity index (χ1n) is 7.63. The van der Waals surface area contributed by atoms with Gasteiger partial charge in [-0.25, -0.2) is 0 Å². The van der Waals surface area contributed by atoms with Gasteiger partial charge in [-0.05, 0) is 19.8 Å². The van der Waals surface area contributed by atoms with Crippen LogP contribution in [0.15, 0.2) is 0 Å². The van der Waals surface area contributed by atoms with Crippen molar-refractivity contribution in [2.24, 2.45) is 7.05 Å². The van der Waals surface area contributed by atoms with Crippen LogP contribution in [0.4, 0.5) is 5.82 Å². The van der Waals surface area contributed by atoms with Gasteiger partial charge in [0.1, 0.15) is 17.5 Å². The lowest BCUT2D eigenvalue weighted by atomic mass is 10.1. The second kappa shape index (κ2) is 5.45. The van der Waals surface area contributed by atoms with Crippen LogP contribution in [0.2, 0.25) is 0 Å². The molecule has 0 N–H and O–H groups in total. The molecule has 1 saturated heterocycles. The maximum Gasteiger partial charge on any atom is 0.145 e. The van der Waals surface area contributed by atoms with Crippen molar-refractivity contribution in [1.29, 1.82) is 5.26 Å². The number of nitriles is 1. The lowest BCUT2D eigenvalue weighted by molar-refractivity contribution is 0.187. The molecule has 108 valence electrons. The second-order valence-electron chi connectivity index (χ2n) is 5.98. The van der Waals surface area contributed by atoms with Crippen molar-refractivity contribution in [1.82, 2.24) is 14.7 Å². The van der Waals surface area contributed by atoms with Crippen LogP contribution < -0.4 is 4.90 Å². The summed E-state index contributed by atoms with van der Waals surface area (Å²) in [7, 11) is 1.94. The van der Waals surface area contributed by atoms with Crippen molar-refractivity contribution in [3.05, 3.63) is 11.3 Å². The highest BCUT2D eigenvalue weighted by Gasteiger charge is 2.28. The van der Waals surface area contributed by atoms with E-state index in [1.54, 1.807) is 0 Å². The Labute approximate surface area is 120 Å². The van der Waals surface area contributed by atoms with Crippen molar-refractivity contribution in [3.63, 3.8) is 0 Å². The largest absolute Gasteiger partial charge is 0.353 e. The molecular formula is C15H23N5. The first-order valence-corrected chi connectivity index (χ1v) is 7.63. The quantitative estimate of drug-likeness (QED) is 0.822. The monoisotopic (exact) mass is 273 g/mol. The summed E-state index contributed by atoms with van der Waals surface area (Å²) < 4.78 is 1.86. The molecule has 1 aromatic rings. The summed E-state index contributed by atoms with van der Waals surface area (Å²) in [5.41, 5.74) is 1.57. The van der Waals surface area contributed by atoms with Gasteiger partial charge in [0.05, 0.1) is 5.69 Å². The molecule has 0 radical (unpaired) electrons. The molecule has 3 rings (SSSR count). The predicted molar refractivity (Wildman–Crippen MR) is 78.7 cm³/mol. The number of aromatic nitrogens is 2. The number of piperazine rings is 1. The van der Waals surface area contributed by atoms with E-state index in [9.17, 15) is 5.26 Å². The van der Waals surface area contributed by atoms with Crippen LogP contribution in [0.25, 0.3) is 0 Å². The Bertz CT molecular complexity index is 513. The lowest BCUT2D eigenvalue weighted by Gasteiger charge is -2.39. The highest BCUT2D eigenvalue weighted by molar-refractivity contribution is 5.57. The fourth-order valence-electron chi connectivity index (χ4n) is 3.71. The fraction of sp³-hybridized carbons (Fsp3) is 0.733. The molecule has 5 nitrogen and oxygen atoms in total. The van der Waals surface area contributed by atoms with Gasteiger partial charge in [0.15, 0.2) is 0 Å². The molecule has 2 aliphatic rings. The topological polar surface area (TPSA) is 48.1 Å². The zero-order chi connectivity index (χ0) is 14.1. The van der Waals surface area contributed by atoms with E-state index in [-0.39, 0.29) is 0 Å². The Kier molecular flexibility index (Phi) is 3.66. The number of anilines is 1. The van der Waals surface area contributed by atoms with Gasteiger partial charge in [0.25, 0.3) is 0 Å². The Hall–Kier alpha value is -1.54. The van der Waals surface area contributed by atoms with E-state index in [0.29, 0.717) is 0 Å². The van der Waals surface area contributed by atoms with Crippen molar-refractivity contribution in [2.45, 2.75) is 38.6 Å². The highest BCUT2D eigenvalue weighted by Crippen LogP contribution is 2.27. The molecule has 0 atom stereocenters. The van der Waals surface area contributed by atoms with E-state index in [0.717, 1.165) is 49.3 Å². The molecule has 1 saturated carbocycles. The molecule has 2 fully saturated rings. The summed E-state index contributed by atoms with van der Waals surface area (Å²) in [6.45, 7) is 6.14. The Morgan fingerprint density at radius 1 is 1.15 bits per heavy atom. The molecule has 1 aliphatic carbocycles. The summed E-state index contributed by atoms with van der Waals surface area (Å²) in [6.07, 6.45) is 5.53. The van der Waals surface area contributed by atoms with E-state index in [2.05, 4.69) is 21.0 Å². The number of hydrogen-bond acceptors (Lipinski definition) is 4. The first-order chi connectivity index (χ1) is 9.70. The van der Waals surface area contributed by atoms with Crippen LogP contribution in [-0.2, 0) is 7.05 Å². The summed E-state index contributed by atoms with van der Waals surface area (Å²) in [4.78, 5) is 4.96. The number of nitrogens with zero attached hydrogens (tertiary/aromatic N) is 5. The van der Waals surface area contributed by atoms with Crippen LogP contribution in [0, 0.1) is 18.3 Å². The molecule has 0 unspecified atom stereocenters. The van der Waals surface area contributed by atoms with Crippen LogP contribution in [-0.4, -0.2) is 46.9 Å². The Morgan fingerprint density at radius 2 is 1.80 bits per heavy atom. The normalized spacial score (nSPS) is 21.4. The van der Waals surface area contributed by atoms with E-state index in [1.807, 2.05) is 18.7 Å². The number of rotatable bonds is 2. The standard InChI is InChI=1S/C15H23N5/c1-12-14(11-16)15(18(2)17-12)20-9-7-19(8-10-20)13-5-3-4-6-13/h13H,3-10H2,1-2H3. The Balaban J connectivity index is 1.70. The third-order valence-electron chi connectivity index (χ3n) is 4.76. The van der Waals surface area contributed by atoms with Crippen LogP contribution in [0.5, 0.6) is 0 Å². The van der Waals surface area contributed by atoms with E-state index < -0.39 is 0 Å². The molecule has 0 aromatic carbocycles. The van der Waals surface area contributed by atoms with Gasteiger partial charge in [-0.3, -0.25) is 9.58 Å². The fourth-order valence-corrected chi connectivity index (χ4v) is 3.71.